The van der Waals surface area contributed by atoms with E-state index in [1.54, 1.807) is 6.07 Å². The first-order valence-electron chi connectivity index (χ1n) is 5.84. The van der Waals surface area contributed by atoms with E-state index in [9.17, 15) is 13.6 Å². The van der Waals surface area contributed by atoms with Crippen LogP contribution in [0.25, 0.3) is 5.69 Å². The lowest BCUT2D eigenvalue weighted by atomic mass is 10.2. The smallest absolute Gasteiger partial charge is 0.335 e. The van der Waals surface area contributed by atoms with Gasteiger partial charge in [-0.3, -0.25) is 0 Å². The highest BCUT2D eigenvalue weighted by Gasteiger charge is 2.26. The number of carbonyl (C=O) groups is 1. The van der Waals surface area contributed by atoms with Gasteiger partial charge in [-0.2, -0.15) is 5.10 Å². The normalized spacial score (nSPS) is 14.6. The first-order valence-corrected chi connectivity index (χ1v) is 5.84. The number of aromatic carboxylic acids is 1. The van der Waals surface area contributed by atoms with Crippen LogP contribution in [0.1, 0.15) is 34.8 Å². The van der Waals surface area contributed by atoms with E-state index in [1.165, 1.54) is 6.20 Å². The molecule has 98 valence electrons. The van der Waals surface area contributed by atoms with E-state index >= 15 is 0 Å². The minimum atomic E-state index is -1.37. The molecule has 1 aromatic carbocycles. The number of benzene rings is 1. The van der Waals surface area contributed by atoms with Crippen molar-refractivity contribution in [3.05, 3.63) is 47.3 Å². The summed E-state index contributed by atoms with van der Waals surface area (Å²) in [6.07, 6.45) is 3.56. The van der Waals surface area contributed by atoms with Crippen molar-refractivity contribution in [2.75, 3.05) is 0 Å². The standard InChI is InChI=1S/C13H10F2N2O2/c14-9-5-8(13(18)19)6-10(15)12(9)17-4-3-11(16-17)7-1-2-7/h3-7H,1-2H2,(H,18,19). The lowest BCUT2D eigenvalue weighted by Gasteiger charge is -2.06. The number of carboxylic acids is 1. The van der Waals surface area contributed by atoms with Gasteiger partial charge in [0.25, 0.3) is 0 Å². The van der Waals surface area contributed by atoms with Crippen LogP contribution in [0.5, 0.6) is 0 Å². The van der Waals surface area contributed by atoms with Gasteiger partial charge in [0.1, 0.15) is 5.69 Å². The minimum Gasteiger partial charge on any atom is -0.478 e. The third kappa shape index (κ3) is 2.09. The molecule has 0 radical (unpaired) electrons. The maximum atomic E-state index is 13.8. The highest BCUT2D eigenvalue weighted by atomic mass is 19.1. The van der Waals surface area contributed by atoms with Crippen LogP contribution in [-0.4, -0.2) is 20.9 Å². The second kappa shape index (κ2) is 4.15. The van der Waals surface area contributed by atoms with Crippen molar-refractivity contribution >= 4 is 5.97 Å². The van der Waals surface area contributed by atoms with Gasteiger partial charge in [-0.15, -0.1) is 0 Å². The molecule has 0 atom stereocenters. The Morgan fingerprint density at radius 3 is 2.47 bits per heavy atom. The summed E-state index contributed by atoms with van der Waals surface area (Å²) in [5.41, 5.74) is 0.0336. The van der Waals surface area contributed by atoms with Gasteiger partial charge in [0, 0.05) is 12.1 Å². The molecule has 1 aliphatic carbocycles. The molecule has 0 spiro atoms. The van der Waals surface area contributed by atoms with E-state index in [1.807, 2.05) is 0 Å². The number of hydrogen-bond donors (Lipinski definition) is 1. The average molecular weight is 264 g/mol. The van der Waals surface area contributed by atoms with Crippen LogP contribution in [0, 0.1) is 11.6 Å². The maximum Gasteiger partial charge on any atom is 0.335 e. The fourth-order valence-electron chi connectivity index (χ4n) is 1.97. The zero-order valence-corrected chi connectivity index (χ0v) is 9.81. The van der Waals surface area contributed by atoms with Crippen LogP contribution >= 0.6 is 0 Å². The molecule has 1 N–H and O–H groups in total. The van der Waals surface area contributed by atoms with Crippen molar-refractivity contribution in [2.45, 2.75) is 18.8 Å². The summed E-state index contributed by atoms with van der Waals surface area (Å²) < 4.78 is 28.8. The van der Waals surface area contributed by atoms with Crippen LogP contribution in [0.2, 0.25) is 0 Å². The molecule has 1 fully saturated rings. The van der Waals surface area contributed by atoms with E-state index < -0.39 is 23.2 Å². The SMILES string of the molecule is O=C(O)c1cc(F)c(-n2ccc(C3CC3)n2)c(F)c1. The second-order valence-electron chi connectivity index (χ2n) is 4.55. The van der Waals surface area contributed by atoms with Crippen molar-refractivity contribution in [1.82, 2.24) is 9.78 Å². The largest absolute Gasteiger partial charge is 0.478 e. The molecule has 1 aliphatic rings. The van der Waals surface area contributed by atoms with Gasteiger partial charge >= 0.3 is 5.97 Å². The molecule has 6 heteroatoms. The van der Waals surface area contributed by atoms with E-state index in [0.29, 0.717) is 5.92 Å². The Hall–Kier alpha value is -2.24. The second-order valence-corrected chi connectivity index (χ2v) is 4.55. The quantitative estimate of drug-likeness (QED) is 0.927. The highest BCUT2D eigenvalue weighted by molar-refractivity contribution is 5.87. The van der Waals surface area contributed by atoms with E-state index in [2.05, 4.69) is 5.10 Å². The Morgan fingerprint density at radius 2 is 1.95 bits per heavy atom. The number of nitrogens with zero attached hydrogens (tertiary/aromatic N) is 2. The molecular weight excluding hydrogens is 254 g/mol. The summed E-state index contributed by atoms with van der Waals surface area (Å²) in [5, 5.41) is 12.9. The van der Waals surface area contributed by atoms with Gasteiger partial charge in [0.15, 0.2) is 11.6 Å². The average Bonchev–Trinajstić information content (AvgIpc) is 3.08. The number of halogens is 2. The van der Waals surface area contributed by atoms with Gasteiger partial charge in [0.05, 0.1) is 11.3 Å². The van der Waals surface area contributed by atoms with Crippen LogP contribution in [-0.2, 0) is 0 Å². The van der Waals surface area contributed by atoms with Crippen molar-refractivity contribution in [3.63, 3.8) is 0 Å². The van der Waals surface area contributed by atoms with Crippen LogP contribution < -0.4 is 0 Å². The lowest BCUT2D eigenvalue weighted by molar-refractivity contribution is 0.0695. The van der Waals surface area contributed by atoms with Crippen LogP contribution in [0.4, 0.5) is 8.78 Å². The molecule has 1 heterocycles. The molecule has 0 saturated heterocycles. The topological polar surface area (TPSA) is 55.1 Å². The predicted molar refractivity (Wildman–Crippen MR) is 62.4 cm³/mol. The highest BCUT2D eigenvalue weighted by Crippen LogP contribution is 2.39. The molecule has 1 saturated carbocycles. The summed E-state index contributed by atoms with van der Waals surface area (Å²) in [6, 6.07) is 3.31. The summed E-state index contributed by atoms with van der Waals surface area (Å²) >= 11 is 0. The number of aromatic nitrogens is 2. The minimum absolute atomic E-state index is 0.350. The molecule has 2 aromatic rings. The Labute approximate surface area is 107 Å². The lowest BCUT2D eigenvalue weighted by Crippen LogP contribution is -2.06. The number of hydrogen-bond acceptors (Lipinski definition) is 2. The Balaban J connectivity index is 2.05. The molecular formula is C13H10F2N2O2. The van der Waals surface area contributed by atoms with Crippen LogP contribution in [0.15, 0.2) is 24.4 Å². The zero-order valence-electron chi connectivity index (χ0n) is 9.81. The first-order chi connectivity index (χ1) is 9.06. The van der Waals surface area contributed by atoms with Gasteiger partial charge in [-0.05, 0) is 31.0 Å². The van der Waals surface area contributed by atoms with E-state index in [0.717, 1.165) is 35.4 Å². The van der Waals surface area contributed by atoms with Gasteiger partial charge in [-0.1, -0.05) is 0 Å². The fraction of sp³-hybridized carbons (Fsp3) is 0.231. The molecule has 0 amide bonds. The van der Waals surface area contributed by atoms with Crippen molar-refractivity contribution in [3.8, 4) is 5.69 Å². The number of carboxylic acid groups (broad SMARTS) is 1. The van der Waals surface area contributed by atoms with Crippen molar-refractivity contribution in [1.29, 1.82) is 0 Å². The molecule has 4 nitrogen and oxygen atoms in total. The maximum absolute atomic E-state index is 13.8. The molecule has 0 aliphatic heterocycles. The molecule has 0 unspecified atom stereocenters. The van der Waals surface area contributed by atoms with Crippen molar-refractivity contribution in [2.24, 2.45) is 0 Å². The monoisotopic (exact) mass is 264 g/mol. The summed E-state index contributed by atoms with van der Waals surface area (Å²) in [6.45, 7) is 0. The third-order valence-corrected chi connectivity index (χ3v) is 3.10. The van der Waals surface area contributed by atoms with Gasteiger partial charge in [-0.25, -0.2) is 18.3 Å². The van der Waals surface area contributed by atoms with E-state index in [4.69, 9.17) is 5.11 Å². The number of rotatable bonds is 3. The summed E-state index contributed by atoms with van der Waals surface area (Å²) in [7, 11) is 0. The first kappa shape index (κ1) is 11.8. The molecule has 19 heavy (non-hydrogen) atoms. The van der Waals surface area contributed by atoms with Crippen molar-refractivity contribution < 1.29 is 18.7 Å². The summed E-state index contributed by atoms with van der Waals surface area (Å²) in [4.78, 5) is 10.7. The van der Waals surface area contributed by atoms with Gasteiger partial charge < -0.3 is 5.11 Å². The predicted octanol–water partition coefficient (Wildman–Crippen LogP) is 2.73. The summed E-state index contributed by atoms with van der Waals surface area (Å²) in [5.74, 6) is -2.88. The van der Waals surface area contributed by atoms with Crippen LogP contribution in [0.3, 0.4) is 0 Å². The van der Waals surface area contributed by atoms with Gasteiger partial charge in [0.2, 0.25) is 0 Å². The zero-order chi connectivity index (χ0) is 13.6. The molecule has 1 aromatic heterocycles. The fourth-order valence-corrected chi connectivity index (χ4v) is 1.97. The Kier molecular flexibility index (Phi) is 2.58. The Morgan fingerprint density at radius 1 is 1.32 bits per heavy atom. The molecule has 3 rings (SSSR count). The molecule has 0 bridgehead atoms. The Bertz CT molecular complexity index is 639. The third-order valence-electron chi connectivity index (χ3n) is 3.10. The van der Waals surface area contributed by atoms with E-state index in [-0.39, 0.29) is 5.69 Å².